The van der Waals surface area contributed by atoms with Crippen LogP contribution in [0.15, 0.2) is 116 Å². The minimum atomic E-state index is -0.380. The van der Waals surface area contributed by atoms with Crippen molar-refractivity contribution < 1.29 is 34.1 Å². The van der Waals surface area contributed by atoms with E-state index in [9.17, 15) is 30.3 Å². The van der Waals surface area contributed by atoms with Crippen LogP contribution in [-0.4, -0.2) is 132 Å². The second kappa shape index (κ2) is 44.5. The number of benzene rings is 4. The number of nitro benzene ring substituents is 3. The van der Waals surface area contributed by atoms with Crippen LogP contribution in [0.2, 0.25) is 0 Å². The molecule has 0 amide bonds. The summed E-state index contributed by atoms with van der Waals surface area (Å²) < 4.78 is 12.8. The summed E-state index contributed by atoms with van der Waals surface area (Å²) in [5, 5.41) is 42.6. The molecule has 1 aliphatic rings. The Morgan fingerprint density at radius 3 is 1.26 bits per heavy atom. The number of hydrogen-bond acceptors (Lipinski definition) is 13. The molecule has 0 radical (unpaired) electrons. The van der Waals surface area contributed by atoms with Crippen molar-refractivity contribution in [2.75, 3.05) is 91.0 Å². The lowest BCUT2D eigenvalue weighted by Gasteiger charge is -2.12. The molecule has 0 unspecified atom stereocenters. The van der Waals surface area contributed by atoms with Crippen molar-refractivity contribution in [1.82, 2.24) is 20.1 Å². The van der Waals surface area contributed by atoms with E-state index in [2.05, 4.69) is 75.6 Å². The monoisotopic (exact) mass is 912 g/mol. The predicted octanol–water partition coefficient (Wildman–Crippen LogP) is 9.82. The van der Waals surface area contributed by atoms with E-state index in [1.165, 1.54) is 55.0 Å². The lowest BCUT2D eigenvalue weighted by Crippen LogP contribution is -2.20. The molecule has 364 valence electrons. The van der Waals surface area contributed by atoms with Gasteiger partial charge in [0.15, 0.2) is 0 Å². The third kappa shape index (κ3) is 37.0. The van der Waals surface area contributed by atoms with Gasteiger partial charge >= 0.3 is 0 Å². The summed E-state index contributed by atoms with van der Waals surface area (Å²) in [6.07, 6.45) is 8.23. The highest BCUT2D eigenvalue weighted by molar-refractivity contribution is 5.78. The number of aromatic nitrogens is 1. The van der Waals surface area contributed by atoms with E-state index in [1.54, 1.807) is 123 Å². The fraction of sp³-hybridized carbons (Fsp3) is 0.417. The highest BCUT2D eigenvalue weighted by atomic mass is 16.6. The van der Waals surface area contributed by atoms with Crippen molar-refractivity contribution >= 4 is 34.0 Å². The zero-order valence-corrected chi connectivity index (χ0v) is 41.3. The minimum Gasteiger partial charge on any atom is -0.400 e. The second-order valence-electron chi connectivity index (χ2n) is 14.0. The number of nitro groups is 3. The van der Waals surface area contributed by atoms with Gasteiger partial charge in [-0.1, -0.05) is 66.7 Å². The van der Waals surface area contributed by atoms with Crippen LogP contribution in [0.1, 0.15) is 43.4 Å². The van der Waals surface area contributed by atoms with Crippen LogP contribution in [0.3, 0.4) is 0 Å². The zero-order chi connectivity index (χ0) is 50.6. The van der Waals surface area contributed by atoms with Gasteiger partial charge in [0.25, 0.3) is 17.1 Å². The Morgan fingerprint density at radius 1 is 0.600 bits per heavy atom. The Bertz CT molecular complexity index is 1830. The van der Waals surface area contributed by atoms with E-state index in [4.69, 9.17) is 5.11 Å². The summed E-state index contributed by atoms with van der Waals surface area (Å²) in [6.45, 7) is 10.3. The van der Waals surface area contributed by atoms with Crippen molar-refractivity contribution in [2.24, 2.45) is 0 Å². The molecule has 4 aromatic carbocycles. The first kappa shape index (κ1) is 65.5. The smallest absolute Gasteiger partial charge is 0.276 e. The Kier molecular flexibility index (Phi) is 44.9. The molecule has 0 atom stereocenters. The topological polar surface area (TPSA) is 212 Å². The van der Waals surface area contributed by atoms with Gasteiger partial charge in [-0.25, -0.2) is 0 Å². The van der Waals surface area contributed by atoms with Crippen LogP contribution in [0.5, 0.6) is 0 Å². The lowest BCUT2D eigenvalue weighted by molar-refractivity contribution is -0.385. The molecule has 0 saturated carbocycles. The van der Waals surface area contributed by atoms with Gasteiger partial charge in [0.2, 0.25) is 0 Å². The van der Waals surface area contributed by atoms with E-state index < -0.39 is 0 Å². The van der Waals surface area contributed by atoms with E-state index >= 15 is 0 Å². The van der Waals surface area contributed by atoms with E-state index in [0.717, 1.165) is 7.11 Å². The Hall–Kier alpha value is -6.08. The largest absolute Gasteiger partial charge is 0.400 e. The van der Waals surface area contributed by atoms with E-state index in [-0.39, 0.29) is 31.8 Å². The molecular formula is C48H77N7O10. The number of nitrogens with zero attached hydrogens (tertiary/aromatic N) is 5. The average molecular weight is 912 g/mol. The molecule has 3 N–H and O–H groups in total. The molecule has 1 aromatic heterocycles. The Balaban J connectivity index is -0.000000335. The molecule has 5 aromatic rings. The number of fused-ring (bicyclic) bond motifs is 1. The van der Waals surface area contributed by atoms with Gasteiger partial charge in [-0.2, -0.15) is 0 Å². The van der Waals surface area contributed by atoms with Crippen LogP contribution in [-0.2, 0) is 14.2 Å². The molecular weight excluding hydrogens is 835 g/mol. The number of aliphatic hydroxyl groups excluding tert-OH is 1. The van der Waals surface area contributed by atoms with Gasteiger partial charge in [-0.15, -0.1) is 0 Å². The third-order valence-corrected chi connectivity index (χ3v) is 7.76. The van der Waals surface area contributed by atoms with Crippen molar-refractivity contribution in [3.8, 4) is 0 Å². The highest BCUT2D eigenvalue weighted by Crippen LogP contribution is 2.19. The highest BCUT2D eigenvalue weighted by Gasteiger charge is 2.09. The SMILES string of the molecule is C1CCNC1.CC(C)N(C)C.CN(C)/C=C/c1ccccc1[N+](=O)[O-].CO.COC.COC.COC.Cc1ccccc1[N+](=O)[O-].Cc1ccccc1[N+](=O)[O-].c1ccc2[nH]ccc2c1. The Morgan fingerprint density at radius 2 is 0.954 bits per heavy atom. The Labute approximate surface area is 387 Å². The summed E-state index contributed by atoms with van der Waals surface area (Å²) in [4.78, 5) is 37.1. The molecule has 65 heavy (non-hydrogen) atoms. The first-order valence-electron chi connectivity index (χ1n) is 20.4. The van der Waals surface area contributed by atoms with Gasteiger partial charge in [0.05, 0.1) is 20.3 Å². The van der Waals surface area contributed by atoms with Crippen molar-refractivity contribution in [3.05, 3.63) is 163 Å². The fourth-order valence-electron chi connectivity index (χ4n) is 4.18. The predicted molar refractivity (Wildman–Crippen MR) is 268 cm³/mol. The van der Waals surface area contributed by atoms with Crippen LogP contribution in [0.4, 0.5) is 17.1 Å². The third-order valence-electron chi connectivity index (χ3n) is 7.76. The number of hydrogen-bond donors (Lipinski definition) is 3. The number of aromatic amines is 1. The maximum atomic E-state index is 10.6. The molecule has 0 aliphatic carbocycles. The molecule has 17 nitrogen and oxygen atoms in total. The number of nitrogens with one attached hydrogen (secondary N) is 2. The minimum absolute atomic E-state index is 0.130. The summed E-state index contributed by atoms with van der Waals surface area (Å²) in [6, 6.07) is 30.9. The summed E-state index contributed by atoms with van der Waals surface area (Å²) >= 11 is 0. The number of H-pyrrole nitrogens is 1. The molecule has 0 bridgehead atoms. The lowest BCUT2D eigenvalue weighted by atomic mass is 10.2. The standard InChI is InChI=1S/C10H12N2O2.C8H7N.2C7H7NO2.C5H13N.C4H9N.3C2H6O.CH4O/c1-11(2)8-7-9-5-3-4-6-10(9)12(13)14;1-2-4-8-7(3-1)5-6-9-8;2*1-6-4-2-3-5-7(6)8(9)10;1-5(2)6(3)4;1-2-4-5-3-1;3*1-3-2;1-2/h3-8H,1-2H3;1-6,9H;2*2-5H,1H3;5H,1-4H3;5H,1-4H2;3*1-2H3;2H,1H3/b8-7+;;;;;;;;;. The number of rotatable bonds is 6. The first-order valence-corrected chi connectivity index (χ1v) is 20.4. The fourth-order valence-corrected chi connectivity index (χ4v) is 4.18. The zero-order valence-electron chi connectivity index (χ0n) is 41.3. The van der Waals surface area contributed by atoms with Gasteiger partial charge in [-0.05, 0) is 104 Å². The maximum absolute atomic E-state index is 10.6. The van der Waals surface area contributed by atoms with E-state index in [0.29, 0.717) is 22.7 Å². The summed E-state index contributed by atoms with van der Waals surface area (Å²) in [7, 11) is 18.6. The second-order valence-corrected chi connectivity index (χ2v) is 14.0. The number of aryl methyl sites for hydroxylation is 2. The molecule has 1 saturated heterocycles. The van der Waals surface area contributed by atoms with Crippen LogP contribution in [0.25, 0.3) is 17.0 Å². The number of ether oxygens (including phenoxy) is 3. The van der Waals surface area contributed by atoms with Crippen molar-refractivity contribution in [2.45, 2.75) is 46.6 Å². The molecule has 0 spiro atoms. The van der Waals surface area contributed by atoms with E-state index in [1.807, 2.05) is 37.3 Å². The average Bonchev–Trinajstić information content (AvgIpc) is 4.02. The van der Waals surface area contributed by atoms with Gasteiger partial charge in [0, 0.05) is 111 Å². The van der Waals surface area contributed by atoms with Crippen LogP contribution in [0, 0.1) is 44.2 Å². The van der Waals surface area contributed by atoms with Gasteiger partial charge in [0.1, 0.15) is 0 Å². The normalized spacial score (nSPS) is 10.3. The number of para-hydroxylation sites is 4. The number of aliphatic hydroxyl groups is 1. The van der Waals surface area contributed by atoms with Crippen LogP contribution < -0.4 is 5.32 Å². The van der Waals surface area contributed by atoms with Crippen molar-refractivity contribution in [3.63, 3.8) is 0 Å². The summed E-state index contributed by atoms with van der Waals surface area (Å²) in [5.74, 6) is 0. The van der Waals surface area contributed by atoms with Gasteiger partial charge < -0.3 is 39.4 Å². The maximum Gasteiger partial charge on any atom is 0.276 e. The summed E-state index contributed by atoms with van der Waals surface area (Å²) in [5.41, 5.74) is 3.72. The first-order chi connectivity index (χ1) is 30.9. The van der Waals surface area contributed by atoms with Gasteiger partial charge in [-0.3, -0.25) is 30.3 Å². The molecule has 6 rings (SSSR count). The van der Waals surface area contributed by atoms with Crippen LogP contribution >= 0.6 is 0 Å². The van der Waals surface area contributed by atoms with Crippen molar-refractivity contribution in [1.29, 1.82) is 0 Å². The molecule has 17 heteroatoms. The molecule has 2 heterocycles. The number of methoxy groups -OCH3 is 3. The quantitative estimate of drug-likeness (QED) is 0.107. The molecule has 1 aliphatic heterocycles. The molecule has 1 fully saturated rings.